The van der Waals surface area contributed by atoms with Crippen LogP contribution in [0.2, 0.25) is 0 Å². The van der Waals surface area contributed by atoms with Crippen LogP contribution in [0.3, 0.4) is 0 Å². The van der Waals surface area contributed by atoms with Crippen molar-refractivity contribution in [2.45, 2.75) is 50.6 Å². The van der Waals surface area contributed by atoms with E-state index in [1.54, 1.807) is 0 Å². The highest BCUT2D eigenvalue weighted by atomic mass is 16.2. The molecule has 1 heterocycles. The van der Waals surface area contributed by atoms with Gasteiger partial charge in [-0.15, -0.1) is 0 Å². The number of carbonyl (C=O) groups is 4. The molecule has 1 aliphatic heterocycles. The number of carbonyl (C=O) groups excluding carboxylic acids is 4. The highest BCUT2D eigenvalue weighted by Gasteiger charge is 2.35. The molecule has 4 N–H and O–H groups in total. The minimum absolute atomic E-state index is 0.0934. The van der Waals surface area contributed by atoms with E-state index in [0.29, 0.717) is 32.1 Å². The smallest absolute Gasteiger partial charge is 0.243 e. The third-order valence-corrected chi connectivity index (χ3v) is 3.91. The minimum atomic E-state index is -0.843. The monoisotopic (exact) mass is 281 g/mol. The fraction of sp³-hybridized carbons (Fsp3) is 0.692. The molecular formula is C13H19N3O4. The van der Waals surface area contributed by atoms with E-state index in [2.05, 4.69) is 10.6 Å². The molecule has 0 radical (unpaired) electrons. The van der Waals surface area contributed by atoms with E-state index in [9.17, 15) is 19.2 Å². The number of nitrogens with one attached hydrogen (secondary N) is 2. The van der Waals surface area contributed by atoms with Crippen LogP contribution < -0.4 is 16.4 Å². The summed E-state index contributed by atoms with van der Waals surface area (Å²) in [6.45, 7) is 0. The van der Waals surface area contributed by atoms with E-state index in [1.165, 1.54) is 0 Å². The number of ketones is 1. The summed E-state index contributed by atoms with van der Waals surface area (Å²) in [7, 11) is 0. The number of hydrogen-bond donors (Lipinski definition) is 3. The Bertz CT molecular complexity index is 449. The second-order valence-corrected chi connectivity index (χ2v) is 5.44. The van der Waals surface area contributed by atoms with Crippen molar-refractivity contribution < 1.29 is 19.2 Å². The molecule has 0 aromatic heterocycles. The molecule has 0 bridgehead atoms. The third kappa shape index (κ3) is 3.34. The zero-order valence-electron chi connectivity index (χ0n) is 11.2. The van der Waals surface area contributed by atoms with Crippen LogP contribution >= 0.6 is 0 Å². The van der Waals surface area contributed by atoms with Crippen LogP contribution in [0, 0.1) is 5.92 Å². The summed E-state index contributed by atoms with van der Waals surface area (Å²) in [6, 6.07) is -1.45. The molecule has 7 nitrogen and oxygen atoms in total. The predicted octanol–water partition coefficient (Wildman–Crippen LogP) is -1.01. The highest BCUT2D eigenvalue weighted by Crippen LogP contribution is 2.24. The fourth-order valence-corrected chi connectivity index (χ4v) is 2.83. The summed E-state index contributed by atoms with van der Waals surface area (Å²) >= 11 is 0. The SMILES string of the molecule is NC(=O)[C@H](NC(=O)[C@@H]1CCC(=O)N1)[C@H]1CCCC(=O)C1. The van der Waals surface area contributed by atoms with Crippen LogP contribution in [-0.2, 0) is 19.2 Å². The molecule has 0 spiro atoms. The maximum absolute atomic E-state index is 12.0. The first kappa shape index (κ1) is 14.5. The lowest BCUT2D eigenvalue weighted by atomic mass is 9.82. The van der Waals surface area contributed by atoms with Gasteiger partial charge >= 0.3 is 0 Å². The molecule has 1 saturated carbocycles. The first-order chi connectivity index (χ1) is 9.47. The molecule has 2 rings (SSSR count). The lowest BCUT2D eigenvalue weighted by Gasteiger charge is -2.28. The summed E-state index contributed by atoms with van der Waals surface area (Å²) < 4.78 is 0. The first-order valence-electron chi connectivity index (χ1n) is 6.88. The molecule has 3 atom stereocenters. The van der Waals surface area contributed by atoms with Crippen LogP contribution in [0.1, 0.15) is 38.5 Å². The Hall–Kier alpha value is -1.92. The second kappa shape index (κ2) is 6.02. The van der Waals surface area contributed by atoms with Crippen molar-refractivity contribution in [2.75, 3.05) is 0 Å². The van der Waals surface area contributed by atoms with Gasteiger partial charge in [0, 0.05) is 19.3 Å². The van der Waals surface area contributed by atoms with E-state index in [0.717, 1.165) is 0 Å². The lowest BCUT2D eigenvalue weighted by Crippen LogP contribution is -2.54. The van der Waals surface area contributed by atoms with Gasteiger partial charge in [-0.25, -0.2) is 0 Å². The molecule has 0 aromatic carbocycles. The van der Waals surface area contributed by atoms with Crippen molar-refractivity contribution in [3.8, 4) is 0 Å². The third-order valence-electron chi connectivity index (χ3n) is 3.91. The van der Waals surface area contributed by atoms with Gasteiger partial charge in [0.05, 0.1) is 0 Å². The number of rotatable bonds is 4. The van der Waals surface area contributed by atoms with Gasteiger partial charge in [0.2, 0.25) is 17.7 Å². The Labute approximate surface area is 116 Å². The zero-order valence-corrected chi connectivity index (χ0v) is 11.2. The van der Waals surface area contributed by atoms with Gasteiger partial charge in [0.1, 0.15) is 17.9 Å². The Morgan fingerprint density at radius 3 is 2.55 bits per heavy atom. The van der Waals surface area contributed by atoms with Gasteiger partial charge in [-0.2, -0.15) is 0 Å². The van der Waals surface area contributed by atoms with Crippen molar-refractivity contribution >= 4 is 23.5 Å². The Morgan fingerprint density at radius 2 is 2.00 bits per heavy atom. The van der Waals surface area contributed by atoms with Crippen LogP contribution in [0.15, 0.2) is 0 Å². The quantitative estimate of drug-likeness (QED) is 0.612. The van der Waals surface area contributed by atoms with Gasteiger partial charge in [-0.1, -0.05) is 0 Å². The summed E-state index contributed by atoms with van der Waals surface area (Å²) in [5.41, 5.74) is 5.33. The first-order valence-corrected chi connectivity index (χ1v) is 6.88. The minimum Gasteiger partial charge on any atom is -0.368 e. The zero-order chi connectivity index (χ0) is 14.7. The highest BCUT2D eigenvalue weighted by molar-refractivity contribution is 5.94. The van der Waals surface area contributed by atoms with Gasteiger partial charge in [-0.05, 0) is 25.2 Å². The van der Waals surface area contributed by atoms with Crippen LogP contribution in [0.25, 0.3) is 0 Å². The number of Topliss-reactive ketones (excluding diaryl/α,β-unsaturated/α-hetero) is 1. The van der Waals surface area contributed by atoms with Crippen molar-refractivity contribution in [2.24, 2.45) is 11.7 Å². The summed E-state index contributed by atoms with van der Waals surface area (Å²) in [4.78, 5) is 46.1. The summed E-state index contributed by atoms with van der Waals surface area (Å²) in [6.07, 6.45) is 2.92. The van der Waals surface area contributed by atoms with Crippen molar-refractivity contribution in [1.82, 2.24) is 10.6 Å². The summed E-state index contributed by atoms with van der Waals surface area (Å²) in [5.74, 6) is -1.36. The Balaban J connectivity index is 1.98. The standard InChI is InChI=1S/C13H19N3O4/c14-12(19)11(7-2-1-3-8(17)6-7)16-13(20)9-4-5-10(18)15-9/h7,9,11H,1-6H2,(H2,14,19)(H,15,18)(H,16,20)/t7-,9-,11+/m0/s1. The average molecular weight is 281 g/mol. The van der Waals surface area contributed by atoms with Gasteiger partial charge in [0.15, 0.2) is 0 Å². The number of amides is 3. The molecule has 20 heavy (non-hydrogen) atoms. The molecule has 3 amide bonds. The van der Waals surface area contributed by atoms with E-state index in [1.807, 2.05) is 0 Å². The second-order valence-electron chi connectivity index (χ2n) is 5.44. The van der Waals surface area contributed by atoms with E-state index < -0.39 is 23.9 Å². The van der Waals surface area contributed by atoms with E-state index >= 15 is 0 Å². The van der Waals surface area contributed by atoms with Crippen molar-refractivity contribution in [3.05, 3.63) is 0 Å². The lowest BCUT2D eigenvalue weighted by molar-refractivity contribution is -0.131. The Kier molecular flexibility index (Phi) is 4.36. The maximum Gasteiger partial charge on any atom is 0.243 e. The number of hydrogen-bond acceptors (Lipinski definition) is 4. The summed E-state index contributed by atoms with van der Waals surface area (Å²) in [5, 5.41) is 5.13. The number of primary amides is 1. The Morgan fingerprint density at radius 1 is 1.25 bits per heavy atom. The van der Waals surface area contributed by atoms with Gasteiger partial charge in [-0.3, -0.25) is 19.2 Å². The van der Waals surface area contributed by atoms with Crippen molar-refractivity contribution in [1.29, 1.82) is 0 Å². The molecule has 0 unspecified atom stereocenters. The van der Waals surface area contributed by atoms with Gasteiger partial charge < -0.3 is 16.4 Å². The molecule has 2 fully saturated rings. The molecule has 1 aliphatic carbocycles. The molecule has 2 aliphatic rings. The van der Waals surface area contributed by atoms with Crippen molar-refractivity contribution in [3.63, 3.8) is 0 Å². The number of nitrogens with two attached hydrogens (primary N) is 1. The van der Waals surface area contributed by atoms with Gasteiger partial charge in [0.25, 0.3) is 0 Å². The molecular weight excluding hydrogens is 262 g/mol. The predicted molar refractivity (Wildman–Crippen MR) is 69.3 cm³/mol. The maximum atomic E-state index is 12.0. The largest absolute Gasteiger partial charge is 0.368 e. The molecule has 110 valence electrons. The van der Waals surface area contributed by atoms with Crippen LogP contribution in [-0.4, -0.2) is 35.6 Å². The topological polar surface area (TPSA) is 118 Å². The van der Waals surface area contributed by atoms with E-state index in [-0.39, 0.29) is 24.0 Å². The normalized spacial score (nSPS) is 27.8. The van der Waals surface area contributed by atoms with E-state index in [4.69, 9.17) is 5.73 Å². The molecule has 1 saturated heterocycles. The average Bonchev–Trinajstić information content (AvgIpc) is 2.82. The fourth-order valence-electron chi connectivity index (χ4n) is 2.83. The molecule has 0 aromatic rings. The molecule has 7 heteroatoms. The van der Waals surface area contributed by atoms with Crippen LogP contribution in [0.4, 0.5) is 0 Å². The van der Waals surface area contributed by atoms with Crippen LogP contribution in [0.5, 0.6) is 0 Å².